The Hall–Kier alpha value is -0.0800. The fourth-order valence-electron chi connectivity index (χ4n) is 1.79. The summed E-state index contributed by atoms with van der Waals surface area (Å²) in [7, 11) is 0. The van der Waals surface area contributed by atoms with Gasteiger partial charge in [0, 0.05) is 6.04 Å². The first-order valence-corrected chi connectivity index (χ1v) is 4.27. The molecule has 0 bridgehead atoms. The maximum absolute atomic E-state index is 9.69. The van der Waals surface area contributed by atoms with Crippen LogP contribution in [0, 0.1) is 0 Å². The van der Waals surface area contributed by atoms with Crippen LogP contribution in [-0.2, 0) is 0 Å². The summed E-state index contributed by atoms with van der Waals surface area (Å²) < 4.78 is 0. The number of hydrogen-bond donors (Lipinski definition) is 2. The molecule has 2 nitrogen and oxygen atoms in total. The van der Waals surface area contributed by atoms with Gasteiger partial charge in [0.25, 0.3) is 0 Å². The van der Waals surface area contributed by atoms with Crippen LogP contribution in [0.4, 0.5) is 0 Å². The van der Waals surface area contributed by atoms with Crippen molar-refractivity contribution in [3.63, 3.8) is 0 Å². The Morgan fingerprint density at radius 2 is 2.10 bits per heavy atom. The van der Waals surface area contributed by atoms with Gasteiger partial charge in [-0.2, -0.15) is 0 Å². The van der Waals surface area contributed by atoms with Gasteiger partial charge in [-0.25, -0.2) is 0 Å². The lowest BCUT2D eigenvalue weighted by Gasteiger charge is -2.27. The molecule has 58 valence electrons. The van der Waals surface area contributed by atoms with E-state index in [0.717, 1.165) is 19.4 Å². The molecule has 0 unspecified atom stereocenters. The zero-order chi connectivity index (χ0) is 7.03. The summed E-state index contributed by atoms with van der Waals surface area (Å²) in [4.78, 5) is 0. The summed E-state index contributed by atoms with van der Waals surface area (Å²) in [6, 6.07) is 0.418. The SMILES string of the molecule is OC1([C@@H]2CCCCN2)CC1. The predicted molar refractivity (Wildman–Crippen MR) is 39.8 cm³/mol. The summed E-state index contributed by atoms with van der Waals surface area (Å²) in [5.74, 6) is 0. The van der Waals surface area contributed by atoms with Crippen LogP contribution in [0.2, 0.25) is 0 Å². The van der Waals surface area contributed by atoms with Crippen LogP contribution in [0.1, 0.15) is 32.1 Å². The number of aliphatic hydroxyl groups is 1. The molecule has 2 heteroatoms. The van der Waals surface area contributed by atoms with E-state index in [1.165, 1.54) is 19.3 Å². The highest BCUT2D eigenvalue weighted by molar-refractivity contribution is 5.03. The molecule has 2 rings (SSSR count). The quantitative estimate of drug-likeness (QED) is 0.562. The van der Waals surface area contributed by atoms with E-state index in [1.807, 2.05) is 0 Å². The van der Waals surface area contributed by atoms with Crippen LogP contribution in [-0.4, -0.2) is 23.3 Å². The molecule has 0 aromatic carbocycles. The smallest absolute Gasteiger partial charge is 0.0802 e. The molecule has 0 amide bonds. The lowest BCUT2D eigenvalue weighted by atomic mass is 9.98. The Morgan fingerprint density at radius 3 is 2.60 bits per heavy atom. The molecule has 0 aromatic heterocycles. The summed E-state index contributed by atoms with van der Waals surface area (Å²) in [6.45, 7) is 1.10. The van der Waals surface area contributed by atoms with Crippen molar-refractivity contribution in [1.29, 1.82) is 0 Å². The molecular formula is C8H15NO. The van der Waals surface area contributed by atoms with E-state index < -0.39 is 0 Å². The van der Waals surface area contributed by atoms with Crippen LogP contribution in [0.5, 0.6) is 0 Å². The third kappa shape index (κ3) is 1.06. The van der Waals surface area contributed by atoms with Crippen molar-refractivity contribution in [3.05, 3.63) is 0 Å². The molecule has 1 saturated carbocycles. The number of nitrogens with one attached hydrogen (secondary N) is 1. The molecule has 2 aliphatic rings. The molecule has 2 N–H and O–H groups in total. The maximum atomic E-state index is 9.69. The van der Waals surface area contributed by atoms with Gasteiger partial charge in [-0.05, 0) is 32.2 Å². The molecule has 1 aliphatic heterocycles. The Labute approximate surface area is 61.6 Å². The van der Waals surface area contributed by atoms with Crippen LogP contribution < -0.4 is 5.32 Å². The zero-order valence-corrected chi connectivity index (χ0v) is 6.27. The van der Waals surface area contributed by atoms with Gasteiger partial charge in [-0.3, -0.25) is 0 Å². The van der Waals surface area contributed by atoms with Crippen molar-refractivity contribution in [1.82, 2.24) is 5.32 Å². The molecular weight excluding hydrogens is 126 g/mol. The molecule has 0 aromatic rings. The van der Waals surface area contributed by atoms with E-state index >= 15 is 0 Å². The lowest BCUT2D eigenvalue weighted by molar-refractivity contribution is 0.0892. The van der Waals surface area contributed by atoms with Crippen molar-refractivity contribution in [2.45, 2.75) is 43.7 Å². The van der Waals surface area contributed by atoms with Crippen molar-refractivity contribution < 1.29 is 5.11 Å². The first-order valence-electron chi connectivity index (χ1n) is 4.27. The van der Waals surface area contributed by atoms with Crippen molar-refractivity contribution in [2.24, 2.45) is 0 Å². The van der Waals surface area contributed by atoms with Crippen molar-refractivity contribution in [2.75, 3.05) is 6.54 Å². The summed E-state index contributed by atoms with van der Waals surface area (Å²) >= 11 is 0. The fourth-order valence-corrected chi connectivity index (χ4v) is 1.79. The Bertz CT molecular complexity index is 125. The van der Waals surface area contributed by atoms with Gasteiger partial charge in [0.05, 0.1) is 5.60 Å². The van der Waals surface area contributed by atoms with Crippen LogP contribution >= 0.6 is 0 Å². The van der Waals surface area contributed by atoms with Gasteiger partial charge in [0.1, 0.15) is 0 Å². The van der Waals surface area contributed by atoms with Gasteiger partial charge in [-0.1, -0.05) is 6.42 Å². The molecule has 1 aliphatic carbocycles. The van der Waals surface area contributed by atoms with Gasteiger partial charge >= 0.3 is 0 Å². The monoisotopic (exact) mass is 141 g/mol. The summed E-state index contributed by atoms with van der Waals surface area (Å²) in [5.41, 5.74) is -0.291. The number of hydrogen-bond acceptors (Lipinski definition) is 2. The highest BCUT2D eigenvalue weighted by Crippen LogP contribution is 2.40. The van der Waals surface area contributed by atoms with E-state index in [0.29, 0.717) is 6.04 Å². The second kappa shape index (κ2) is 2.21. The predicted octanol–water partition coefficient (Wildman–Crippen LogP) is 0.653. The zero-order valence-electron chi connectivity index (χ0n) is 6.27. The van der Waals surface area contributed by atoms with E-state index in [1.54, 1.807) is 0 Å². The molecule has 10 heavy (non-hydrogen) atoms. The minimum atomic E-state index is -0.291. The highest BCUT2D eigenvalue weighted by atomic mass is 16.3. The van der Waals surface area contributed by atoms with Crippen molar-refractivity contribution >= 4 is 0 Å². The summed E-state index contributed by atoms with van der Waals surface area (Å²) in [5, 5.41) is 13.1. The van der Waals surface area contributed by atoms with Crippen LogP contribution in [0.15, 0.2) is 0 Å². The van der Waals surface area contributed by atoms with Gasteiger partial charge in [-0.15, -0.1) is 0 Å². The van der Waals surface area contributed by atoms with Gasteiger partial charge in [0.2, 0.25) is 0 Å². The minimum Gasteiger partial charge on any atom is -0.388 e. The first kappa shape index (κ1) is 6.62. The summed E-state index contributed by atoms with van der Waals surface area (Å²) in [6.07, 6.45) is 5.79. The van der Waals surface area contributed by atoms with E-state index in [4.69, 9.17) is 0 Å². The van der Waals surface area contributed by atoms with E-state index in [-0.39, 0.29) is 5.60 Å². The maximum Gasteiger partial charge on any atom is 0.0802 e. The third-order valence-corrected chi connectivity index (χ3v) is 2.72. The fraction of sp³-hybridized carbons (Fsp3) is 1.00. The molecule has 1 saturated heterocycles. The average molecular weight is 141 g/mol. The molecule has 0 spiro atoms. The average Bonchev–Trinajstić information content (AvgIpc) is 2.72. The number of piperidine rings is 1. The number of rotatable bonds is 1. The molecule has 2 fully saturated rings. The molecule has 1 heterocycles. The first-order chi connectivity index (χ1) is 4.81. The van der Waals surface area contributed by atoms with Crippen LogP contribution in [0.25, 0.3) is 0 Å². The Morgan fingerprint density at radius 1 is 1.30 bits per heavy atom. The highest BCUT2D eigenvalue weighted by Gasteiger charge is 2.47. The van der Waals surface area contributed by atoms with E-state index in [9.17, 15) is 5.11 Å². The van der Waals surface area contributed by atoms with Gasteiger partial charge < -0.3 is 10.4 Å². The Balaban J connectivity index is 1.91. The Kier molecular flexibility index (Phi) is 1.46. The lowest BCUT2D eigenvalue weighted by Crippen LogP contribution is -2.44. The van der Waals surface area contributed by atoms with E-state index in [2.05, 4.69) is 5.32 Å². The third-order valence-electron chi connectivity index (χ3n) is 2.72. The minimum absolute atomic E-state index is 0.291. The molecule has 0 radical (unpaired) electrons. The second-order valence-electron chi connectivity index (χ2n) is 3.61. The normalized spacial score (nSPS) is 37.5. The van der Waals surface area contributed by atoms with Crippen molar-refractivity contribution in [3.8, 4) is 0 Å². The van der Waals surface area contributed by atoms with Crippen LogP contribution in [0.3, 0.4) is 0 Å². The largest absolute Gasteiger partial charge is 0.388 e. The topological polar surface area (TPSA) is 32.3 Å². The standard InChI is InChI=1S/C8H15NO/c10-8(4-5-8)7-3-1-2-6-9-7/h7,9-10H,1-6H2/t7-/m0/s1. The second-order valence-corrected chi connectivity index (χ2v) is 3.61. The molecule has 1 atom stereocenters. The van der Waals surface area contributed by atoms with Gasteiger partial charge in [0.15, 0.2) is 0 Å².